The largest absolute Gasteiger partial charge is 0.462 e. The molecule has 0 aliphatic carbocycles. The second-order valence-corrected chi connectivity index (χ2v) is 7.43. The van der Waals surface area contributed by atoms with E-state index in [4.69, 9.17) is 13.9 Å². The molecule has 10 heteroatoms. The Bertz CT molecular complexity index is 906. The van der Waals surface area contributed by atoms with Crippen molar-refractivity contribution in [3.63, 3.8) is 0 Å². The summed E-state index contributed by atoms with van der Waals surface area (Å²) < 4.78 is 17.2. The summed E-state index contributed by atoms with van der Waals surface area (Å²) in [5.41, 5.74) is 1.88. The van der Waals surface area contributed by atoms with Crippen LogP contribution in [-0.2, 0) is 9.53 Å². The van der Waals surface area contributed by atoms with Crippen LogP contribution in [-0.4, -0.2) is 58.5 Å². The highest BCUT2D eigenvalue weighted by Gasteiger charge is 2.46. The Balaban J connectivity index is 1.97. The van der Waals surface area contributed by atoms with Gasteiger partial charge in [-0.15, -0.1) is 0 Å². The van der Waals surface area contributed by atoms with Crippen LogP contribution in [0, 0.1) is 13.8 Å². The number of hydrogen-bond acceptors (Lipinski definition) is 9. The lowest BCUT2D eigenvalue weighted by Crippen LogP contribution is -2.65. The predicted molar refractivity (Wildman–Crippen MR) is 95.8 cm³/mol. The summed E-state index contributed by atoms with van der Waals surface area (Å²) in [4.78, 5) is 22.6. The van der Waals surface area contributed by atoms with E-state index in [-0.39, 0.29) is 0 Å². The third-order valence-electron chi connectivity index (χ3n) is 4.63. The summed E-state index contributed by atoms with van der Waals surface area (Å²) in [5, 5.41) is 32.3. The normalized spacial score (nSPS) is 28.3. The van der Waals surface area contributed by atoms with Gasteiger partial charge in [-0.05, 0) is 25.0 Å². The molecule has 1 aliphatic heterocycles. The number of aliphatic hydroxyl groups is 3. The van der Waals surface area contributed by atoms with Crippen LogP contribution in [0.1, 0.15) is 18.1 Å². The van der Waals surface area contributed by atoms with Gasteiger partial charge >= 0.3 is 4.94 Å². The van der Waals surface area contributed by atoms with E-state index in [0.717, 1.165) is 11.3 Å². The molecule has 0 spiro atoms. The number of aliphatic hydroxyl groups excluding tert-OH is 3. The molecule has 1 fully saturated rings. The second-order valence-electron chi connectivity index (χ2n) is 6.46. The topological polar surface area (TPSA) is 138 Å². The van der Waals surface area contributed by atoms with Crippen molar-refractivity contribution in [2.75, 3.05) is 6.61 Å². The van der Waals surface area contributed by atoms with Crippen LogP contribution < -0.4 is 15.0 Å². The fourth-order valence-electron chi connectivity index (χ4n) is 3.05. The summed E-state index contributed by atoms with van der Waals surface area (Å²) in [6, 6.07) is 0.561. The van der Waals surface area contributed by atoms with Gasteiger partial charge in [0.2, 0.25) is 12.2 Å². The molecule has 5 atom stereocenters. The first kappa shape index (κ1) is 19.8. The SMILES string of the molecule is CC(=O)N[C@H]1[C@H](Oc2cc3sc(=O)oc3c(C)c2C)O[C@@H](CO)[C@@H](O)[C@H]1O. The molecular formula is C17H21NO8S. The fourth-order valence-corrected chi connectivity index (χ4v) is 3.81. The number of amides is 1. The molecule has 2 heterocycles. The minimum atomic E-state index is -1.40. The number of carbonyl (C=O) groups is 1. The highest BCUT2D eigenvalue weighted by atomic mass is 32.1. The predicted octanol–water partition coefficient (Wildman–Crippen LogP) is -0.206. The van der Waals surface area contributed by atoms with Crippen molar-refractivity contribution in [3.05, 3.63) is 26.9 Å². The summed E-state index contributed by atoms with van der Waals surface area (Å²) in [6.45, 7) is 4.28. The van der Waals surface area contributed by atoms with Gasteiger partial charge in [0.15, 0.2) is 5.58 Å². The Morgan fingerprint density at radius 2 is 2.00 bits per heavy atom. The van der Waals surface area contributed by atoms with E-state index in [2.05, 4.69) is 5.32 Å². The van der Waals surface area contributed by atoms with E-state index in [1.54, 1.807) is 19.9 Å². The van der Waals surface area contributed by atoms with Crippen molar-refractivity contribution in [2.24, 2.45) is 0 Å². The summed E-state index contributed by atoms with van der Waals surface area (Å²) in [7, 11) is 0. The number of benzene rings is 1. The maximum atomic E-state index is 11.5. The second kappa shape index (κ2) is 7.56. The molecule has 1 aliphatic rings. The number of fused-ring (bicyclic) bond motifs is 1. The average molecular weight is 399 g/mol. The van der Waals surface area contributed by atoms with Crippen LogP contribution in [0.2, 0.25) is 0 Å². The maximum absolute atomic E-state index is 11.5. The first-order valence-corrected chi connectivity index (χ1v) is 9.14. The Morgan fingerprint density at radius 1 is 1.30 bits per heavy atom. The third kappa shape index (κ3) is 3.71. The molecule has 27 heavy (non-hydrogen) atoms. The van der Waals surface area contributed by atoms with E-state index in [1.165, 1.54) is 6.92 Å². The summed E-state index contributed by atoms with van der Waals surface area (Å²) >= 11 is 0.926. The molecule has 1 saturated heterocycles. The molecule has 0 bridgehead atoms. The van der Waals surface area contributed by atoms with Crippen LogP contribution in [0.25, 0.3) is 10.3 Å². The van der Waals surface area contributed by atoms with Gasteiger partial charge in [0.05, 0.1) is 11.3 Å². The van der Waals surface area contributed by atoms with Gasteiger partial charge in [-0.2, -0.15) is 0 Å². The zero-order valence-corrected chi connectivity index (χ0v) is 15.8. The van der Waals surface area contributed by atoms with Crippen molar-refractivity contribution in [1.82, 2.24) is 5.32 Å². The molecule has 1 aromatic heterocycles. The van der Waals surface area contributed by atoms with E-state index in [1.807, 2.05) is 0 Å². The highest BCUT2D eigenvalue weighted by Crippen LogP contribution is 2.33. The minimum absolute atomic E-state index is 0.373. The molecule has 3 rings (SSSR count). The maximum Gasteiger partial charge on any atom is 0.396 e. The van der Waals surface area contributed by atoms with Gasteiger partial charge in [-0.25, -0.2) is 4.79 Å². The van der Waals surface area contributed by atoms with Crippen molar-refractivity contribution >= 4 is 27.5 Å². The molecule has 0 saturated carbocycles. The molecule has 0 radical (unpaired) electrons. The summed E-state index contributed by atoms with van der Waals surface area (Å²) in [5.74, 6) is -0.0695. The zero-order chi connectivity index (χ0) is 19.9. The number of aryl methyl sites for hydroxylation is 1. The van der Waals surface area contributed by atoms with Crippen LogP contribution in [0.15, 0.2) is 15.3 Å². The molecular weight excluding hydrogens is 378 g/mol. The lowest BCUT2D eigenvalue weighted by Gasteiger charge is -2.42. The third-order valence-corrected chi connectivity index (χ3v) is 5.40. The monoisotopic (exact) mass is 399 g/mol. The zero-order valence-electron chi connectivity index (χ0n) is 15.0. The van der Waals surface area contributed by atoms with E-state index in [9.17, 15) is 24.9 Å². The van der Waals surface area contributed by atoms with Crippen LogP contribution in [0.5, 0.6) is 5.75 Å². The van der Waals surface area contributed by atoms with Crippen LogP contribution in [0.3, 0.4) is 0 Å². The average Bonchev–Trinajstić information content (AvgIpc) is 2.99. The minimum Gasteiger partial charge on any atom is -0.462 e. The Morgan fingerprint density at radius 3 is 2.63 bits per heavy atom. The van der Waals surface area contributed by atoms with Gasteiger partial charge < -0.3 is 34.5 Å². The molecule has 1 amide bonds. The van der Waals surface area contributed by atoms with Crippen molar-refractivity contribution in [2.45, 2.75) is 51.4 Å². The lowest BCUT2D eigenvalue weighted by molar-refractivity contribution is -0.244. The van der Waals surface area contributed by atoms with E-state index < -0.39 is 48.1 Å². The number of nitrogens with one attached hydrogen (secondary N) is 1. The standard InChI is InChI=1S/C17H21NO8S/c1-6-7(2)15-11(27-17(23)26-15)4-9(6)24-16-12(18-8(3)20)14(22)13(21)10(5-19)25-16/h4,10,12-14,16,19,21-22H,5H2,1-3H3,(H,18,20)/t10-,12+,13+,14-,16+/m0/s1. The highest BCUT2D eigenvalue weighted by molar-refractivity contribution is 7.16. The Hall–Kier alpha value is -1.98. The molecule has 148 valence electrons. The van der Waals surface area contributed by atoms with Gasteiger partial charge in [-0.1, -0.05) is 11.3 Å². The lowest BCUT2D eigenvalue weighted by atomic mass is 9.97. The molecule has 4 N–H and O–H groups in total. The smallest absolute Gasteiger partial charge is 0.396 e. The first-order valence-electron chi connectivity index (χ1n) is 8.33. The number of carbonyl (C=O) groups excluding carboxylic acids is 1. The first-order chi connectivity index (χ1) is 12.7. The molecule has 2 aromatic rings. The van der Waals surface area contributed by atoms with Gasteiger partial charge in [0.25, 0.3) is 0 Å². The van der Waals surface area contributed by atoms with Crippen LogP contribution >= 0.6 is 11.3 Å². The molecule has 0 unspecified atom stereocenters. The Kier molecular flexibility index (Phi) is 5.54. The van der Waals surface area contributed by atoms with Crippen molar-refractivity contribution < 1.29 is 34.0 Å². The van der Waals surface area contributed by atoms with Gasteiger partial charge in [-0.3, -0.25) is 4.79 Å². The number of hydrogen-bond donors (Lipinski definition) is 4. The molecule has 1 aromatic carbocycles. The Labute approximate surface area is 158 Å². The van der Waals surface area contributed by atoms with Crippen molar-refractivity contribution in [1.29, 1.82) is 0 Å². The van der Waals surface area contributed by atoms with E-state index in [0.29, 0.717) is 27.2 Å². The quantitative estimate of drug-likeness (QED) is 0.554. The van der Waals surface area contributed by atoms with Crippen molar-refractivity contribution in [3.8, 4) is 5.75 Å². The van der Waals surface area contributed by atoms with Crippen LogP contribution in [0.4, 0.5) is 0 Å². The van der Waals surface area contributed by atoms with Gasteiger partial charge in [0, 0.05) is 13.0 Å². The summed E-state index contributed by atoms with van der Waals surface area (Å²) in [6.07, 6.45) is -5.04. The number of ether oxygens (including phenoxy) is 2. The fraction of sp³-hybridized carbons (Fsp3) is 0.529. The number of rotatable bonds is 4. The van der Waals surface area contributed by atoms with E-state index >= 15 is 0 Å². The molecule has 9 nitrogen and oxygen atoms in total. The van der Waals surface area contributed by atoms with Gasteiger partial charge in [0.1, 0.15) is 30.1 Å².